The summed E-state index contributed by atoms with van der Waals surface area (Å²) in [6.45, 7) is 3.95. The van der Waals surface area contributed by atoms with Gasteiger partial charge < -0.3 is 5.73 Å². The van der Waals surface area contributed by atoms with Crippen molar-refractivity contribution in [3.8, 4) is 0 Å². The van der Waals surface area contributed by atoms with Crippen LogP contribution in [0.3, 0.4) is 0 Å². The number of halogens is 1. The molecule has 8 heteroatoms. The Morgan fingerprint density at radius 1 is 1.29 bits per heavy atom. The van der Waals surface area contributed by atoms with Crippen LogP contribution in [0.5, 0.6) is 0 Å². The van der Waals surface area contributed by atoms with Crippen LogP contribution in [0.2, 0.25) is 5.02 Å². The SMILES string of the molecule is CCc1nnc(NC(=O)c2cnc(N)c(Cl)c2)nc1CC. The van der Waals surface area contributed by atoms with E-state index >= 15 is 0 Å². The zero-order valence-electron chi connectivity index (χ0n) is 11.7. The molecule has 0 saturated carbocycles. The van der Waals surface area contributed by atoms with Crippen molar-refractivity contribution in [3.63, 3.8) is 0 Å². The number of rotatable bonds is 4. The first kappa shape index (κ1) is 15.1. The van der Waals surface area contributed by atoms with Crippen LogP contribution < -0.4 is 11.1 Å². The third-order valence-corrected chi connectivity index (χ3v) is 3.17. The van der Waals surface area contributed by atoms with E-state index in [2.05, 4.69) is 25.5 Å². The Kier molecular flexibility index (Phi) is 4.64. The summed E-state index contributed by atoms with van der Waals surface area (Å²) in [5.41, 5.74) is 7.42. The van der Waals surface area contributed by atoms with Gasteiger partial charge in [-0.05, 0) is 18.9 Å². The van der Waals surface area contributed by atoms with Crippen LogP contribution in [0.15, 0.2) is 12.3 Å². The minimum absolute atomic E-state index is 0.155. The number of aryl methyl sites for hydroxylation is 2. The molecule has 3 N–H and O–H groups in total. The van der Waals surface area contributed by atoms with Crippen molar-refractivity contribution in [2.75, 3.05) is 11.1 Å². The fourth-order valence-electron chi connectivity index (χ4n) is 1.74. The molecule has 21 heavy (non-hydrogen) atoms. The molecular formula is C13H15ClN6O. The molecule has 2 aromatic heterocycles. The van der Waals surface area contributed by atoms with Gasteiger partial charge in [-0.25, -0.2) is 9.97 Å². The maximum atomic E-state index is 12.1. The number of hydrogen-bond acceptors (Lipinski definition) is 6. The Morgan fingerprint density at radius 2 is 2.00 bits per heavy atom. The Balaban J connectivity index is 2.21. The number of aromatic nitrogens is 4. The van der Waals surface area contributed by atoms with Gasteiger partial charge >= 0.3 is 0 Å². The fraction of sp³-hybridized carbons (Fsp3) is 0.308. The lowest BCUT2D eigenvalue weighted by molar-refractivity contribution is 0.102. The molecule has 1 amide bonds. The predicted octanol–water partition coefficient (Wildman–Crippen LogP) is 1.88. The van der Waals surface area contributed by atoms with E-state index in [1.165, 1.54) is 12.3 Å². The van der Waals surface area contributed by atoms with E-state index in [0.29, 0.717) is 0 Å². The number of nitrogens with zero attached hydrogens (tertiary/aromatic N) is 4. The maximum absolute atomic E-state index is 12.1. The monoisotopic (exact) mass is 306 g/mol. The highest BCUT2D eigenvalue weighted by atomic mass is 35.5. The number of hydrogen-bond donors (Lipinski definition) is 2. The molecule has 0 saturated heterocycles. The average molecular weight is 307 g/mol. The number of carbonyl (C=O) groups excluding carboxylic acids is 1. The number of pyridine rings is 1. The summed E-state index contributed by atoms with van der Waals surface area (Å²) in [5, 5.41) is 10.7. The van der Waals surface area contributed by atoms with Crippen LogP contribution in [0.4, 0.5) is 11.8 Å². The van der Waals surface area contributed by atoms with E-state index in [0.717, 1.165) is 24.2 Å². The van der Waals surface area contributed by atoms with Gasteiger partial charge in [-0.3, -0.25) is 10.1 Å². The van der Waals surface area contributed by atoms with Crippen molar-refractivity contribution in [2.24, 2.45) is 0 Å². The first-order valence-corrected chi connectivity index (χ1v) is 6.87. The van der Waals surface area contributed by atoms with Crippen molar-refractivity contribution in [2.45, 2.75) is 26.7 Å². The van der Waals surface area contributed by atoms with E-state index in [4.69, 9.17) is 17.3 Å². The van der Waals surface area contributed by atoms with Gasteiger partial charge in [0.2, 0.25) is 5.95 Å². The Labute approximate surface area is 127 Å². The Hall–Kier alpha value is -2.28. The van der Waals surface area contributed by atoms with Gasteiger partial charge in [-0.2, -0.15) is 0 Å². The second-order valence-corrected chi connectivity index (χ2v) is 4.69. The number of anilines is 2. The van der Waals surface area contributed by atoms with Crippen LogP contribution >= 0.6 is 11.6 Å². The smallest absolute Gasteiger partial charge is 0.259 e. The summed E-state index contributed by atoms with van der Waals surface area (Å²) in [7, 11) is 0. The molecule has 2 heterocycles. The summed E-state index contributed by atoms with van der Waals surface area (Å²) < 4.78 is 0. The first-order chi connectivity index (χ1) is 10.0. The third-order valence-electron chi connectivity index (χ3n) is 2.87. The molecule has 0 spiro atoms. The van der Waals surface area contributed by atoms with Crippen LogP contribution in [-0.2, 0) is 12.8 Å². The van der Waals surface area contributed by atoms with Gasteiger partial charge in [0.15, 0.2) is 0 Å². The maximum Gasteiger partial charge on any atom is 0.259 e. The molecule has 110 valence electrons. The highest BCUT2D eigenvalue weighted by Crippen LogP contribution is 2.17. The van der Waals surface area contributed by atoms with E-state index in [1.54, 1.807) is 0 Å². The molecule has 7 nitrogen and oxygen atoms in total. The van der Waals surface area contributed by atoms with E-state index in [9.17, 15) is 4.79 Å². The zero-order valence-corrected chi connectivity index (χ0v) is 12.5. The highest BCUT2D eigenvalue weighted by Gasteiger charge is 2.12. The number of nitrogen functional groups attached to an aromatic ring is 1. The van der Waals surface area contributed by atoms with Gasteiger partial charge in [0.05, 0.1) is 22.0 Å². The number of nitrogens with one attached hydrogen (secondary N) is 1. The van der Waals surface area contributed by atoms with Crippen molar-refractivity contribution < 1.29 is 4.79 Å². The molecule has 0 unspecified atom stereocenters. The molecule has 0 aromatic carbocycles. The predicted molar refractivity (Wildman–Crippen MR) is 80.2 cm³/mol. The van der Waals surface area contributed by atoms with Gasteiger partial charge in [-0.1, -0.05) is 25.4 Å². The molecule has 0 aliphatic heterocycles. The van der Waals surface area contributed by atoms with Gasteiger partial charge in [-0.15, -0.1) is 10.2 Å². The lowest BCUT2D eigenvalue weighted by Gasteiger charge is -2.07. The van der Waals surface area contributed by atoms with E-state index < -0.39 is 5.91 Å². The van der Waals surface area contributed by atoms with Crippen LogP contribution in [0.1, 0.15) is 35.6 Å². The van der Waals surface area contributed by atoms with Gasteiger partial charge in [0, 0.05) is 6.20 Å². The summed E-state index contributed by atoms with van der Waals surface area (Å²) in [5.74, 6) is -0.0915. The third kappa shape index (κ3) is 3.43. The standard InChI is InChI=1S/C13H15ClN6O/c1-3-9-10(4-2)19-20-13(17-9)18-12(21)7-5-8(14)11(15)16-6-7/h5-6H,3-4H2,1-2H3,(H2,15,16)(H,17,18,20,21). The second-order valence-electron chi connectivity index (χ2n) is 4.28. The van der Waals surface area contributed by atoms with Crippen molar-refractivity contribution >= 4 is 29.3 Å². The number of nitrogens with two attached hydrogens (primary N) is 1. The normalized spacial score (nSPS) is 10.4. The molecule has 0 aliphatic carbocycles. The molecule has 0 atom stereocenters. The average Bonchev–Trinajstić information content (AvgIpc) is 2.49. The largest absolute Gasteiger partial charge is 0.382 e. The Morgan fingerprint density at radius 3 is 2.62 bits per heavy atom. The fourth-order valence-corrected chi connectivity index (χ4v) is 1.90. The van der Waals surface area contributed by atoms with Gasteiger partial charge in [0.1, 0.15) is 5.82 Å². The minimum Gasteiger partial charge on any atom is -0.382 e. The first-order valence-electron chi connectivity index (χ1n) is 6.50. The van der Waals surface area contributed by atoms with Crippen LogP contribution in [0.25, 0.3) is 0 Å². The van der Waals surface area contributed by atoms with Crippen LogP contribution in [-0.4, -0.2) is 26.1 Å². The molecule has 0 bridgehead atoms. The summed E-state index contributed by atoms with van der Waals surface area (Å²) in [6, 6.07) is 1.44. The second kappa shape index (κ2) is 6.45. The van der Waals surface area contributed by atoms with Crippen molar-refractivity contribution in [1.82, 2.24) is 20.2 Å². The van der Waals surface area contributed by atoms with E-state index in [-0.39, 0.29) is 22.4 Å². The summed E-state index contributed by atoms with van der Waals surface area (Å²) in [4.78, 5) is 20.2. The topological polar surface area (TPSA) is 107 Å². The van der Waals surface area contributed by atoms with E-state index in [1.807, 2.05) is 13.8 Å². The molecule has 0 radical (unpaired) electrons. The molecule has 0 aliphatic rings. The molecule has 2 aromatic rings. The van der Waals surface area contributed by atoms with Gasteiger partial charge in [0.25, 0.3) is 5.91 Å². The molecule has 2 rings (SSSR count). The minimum atomic E-state index is -0.419. The summed E-state index contributed by atoms with van der Waals surface area (Å²) in [6.07, 6.45) is 2.80. The number of carbonyl (C=O) groups is 1. The molecular weight excluding hydrogens is 292 g/mol. The Bertz CT molecular complexity index is 676. The quantitative estimate of drug-likeness (QED) is 0.893. The zero-order chi connectivity index (χ0) is 15.4. The molecule has 0 fully saturated rings. The van der Waals surface area contributed by atoms with Crippen molar-refractivity contribution in [1.29, 1.82) is 0 Å². The van der Waals surface area contributed by atoms with Crippen molar-refractivity contribution in [3.05, 3.63) is 34.2 Å². The highest BCUT2D eigenvalue weighted by molar-refractivity contribution is 6.33. The lowest BCUT2D eigenvalue weighted by Crippen LogP contribution is -2.17. The lowest BCUT2D eigenvalue weighted by atomic mass is 10.2. The van der Waals surface area contributed by atoms with Crippen LogP contribution in [0, 0.1) is 0 Å². The summed E-state index contributed by atoms with van der Waals surface area (Å²) >= 11 is 5.84. The number of amides is 1.